The van der Waals surface area contributed by atoms with Gasteiger partial charge in [-0.3, -0.25) is 0 Å². The van der Waals surface area contributed by atoms with E-state index in [1.165, 1.54) is 0 Å². The second-order valence-electron chi connectivity index (χ2n) is 3.90. The van der Waals surface area contributed by atoms with Crippen LogP contribution in [-0.2, 0) is 4.79 Å². The van der Waals surface area contributed by atoms with Crippen molar-refractivity contribution in [3.63, 3.8) is 0 Å². The quantitative estimate of drug-likeness (QED) is 0.625. The van der Waals surface area contributed by atoms with Crippen LogP contribution in [0.2, 0.25) is 0 Å². The SMILES string of the molecule is C=CCN(C)c1ccc(C)cc1/C=C/C(=O)O. The summed E-state index contributed by atoms with van der Waals surface area (Å²) in [6, 6.07) is 5.96. The van der Waals surface area contributed by atoms with Crippen molar-refractivity contribution in [3.05, 3.63) is 48.1 Å². The zero-order chi connectivity index (χ0) is 12.8. The van der Waals surface area contributed by atoms with E-state index in [1.807, 2.05) is 43.1 Å². The number of likely N-dealkylation sites (N-methyl/N-ethyl adjacent to an activating group) is 1. The van der Waals surface area contributed by atoms with Gasteiger partial charge in [0.1, 0.15) is 0 Å². The number of aryl methyl sites for hydroxylation is 1. The van der Waals surface area contributed by atoms with Crippen molar-refractivity contribution in [2.75, 3.05) is 18.5 Å². The molecule has 90 valence electrons. The molecule has 0 aliphatic rings. The Balaban J connectivity index is 3.11. The number of hydrogen-bond donors (Lipinski definition) is 1. The molecule has 0 spiro atoms. The van der Waals surface area contributed by atoms with E-state index in [2.05, 4.69) is 6.58 Å². The van der Waals surface area contributed by atoms with Crippen molar-refractivity contribution < 1.29 is 9.90 Å². The molecule has 1 N–H and O–H groups in total. The molecule has 0 aromatic heterocycles. The minimum absolute atomic E-state index is 0.719. The topological polar surface area (TPSA) is 40.5 Å². The lowest BCUT2D eigenvalue weighted by Gasteiger charge is -2.20. The predicted octanol–water partition coefficient (Wildman–Crippen LogP) is 2.72. The summed E-state index contributed by atoms with van der Waals surface area (Å²) in [4.78, 5) is 12.6. The summed E-state index contributed by atoms with van der Waals surface area (Å²) in [5.41, 5.74) is 3.00. The van der Waals surface area contributed by atoms with Gasteiger partial charge >= 0.3 is 5.97 Å². The standard InChI is InChI=1S/C14H17NO2/c1-4-9-15(3)13-7-5-11(2)10-12(13)6-8-14(16)17/h4-8,10H,1,9H2,2-3H3,(H,16,17)/b8-6+. The fourth-order valence-electron chi connectivity index (χ4n) is 1.61. The summed E-state index contributed by atoms with van der Waals surface area (Å²) in [6.07, 6.45) is 4.58. The van der Waals surface area contributed by atoms with Gasteiger partial charge in [-0.05, 0) is 30.7 Å². The zero-order valence-corrected chi connectivity index (χ0v) is 10.2. The third-order valence-electron chi connectivity index (χ3n) is 2.40. The van der Waals surface area contributed by atoms with Crippen molar-refractivity contribution in [2.45, 2.75) is 6.92 Å². The molecule has 0 atom stereocenters. The molecular formula is C14H17NO2. The van der Waals surface area contributed by atoms with E-state index in [9.17, 15) is 4.79 Å². The second-order valence-corrected chi connectivity index (χ2v) is 3.90. The summed E-state index contributed by atoms with van der Waals surface area (Å²) < 4.78 is 0. The van der Waals surface area contributed by atoms with E-state index in [1.54, 1.807) is 6.08 Å². The van der Waals surface area contributed by atoms with Crippen molar-refractivity contribution in [1.82, 2.24) is 0 Å². The smallest absolute Gasteiger partial charge is 0.328 e. The van der Waals surface area contributed by atoms with Gasteiger partial charge in [0, 0.05) is 25.4 Å². The molecule has 0 amide bonds. The minimum Gasteiger partial charge on any atom is -0.478 e. The lowest BCUT2D eigenvalue weighted by molar-refractivity contribution is -0.131. The van der Waals surface area contributed by atoms with Gasteiger partial charge in [-0.15, -0.1) is 6.58 Å². The van der Waals surface area contributed by atoms with E-state index in [-0.39, 0.29) is 0 Å². The molecule has 0 saturated heterocycles. The Morgan fingerprint density at radius 1 is 1.53 bits per heavy atom. The molecule has 1 aromatic carbocycles. The third kappa shape index (κ3) is 3.79. The molecule has 1 rings (SSSR count). The van der Waals surface area contributed by atoms with Crippen LogP contribution in [-0.4, -0.2) is 24.7 Å². The van der Waals surface area contributed by atoms with Crippen LogP contribution in [0.4, 0.5) is 5.69 Å². The van der Waals surface area contributed by atoms with Crippen LogP contribution in [0.5, 0.6) is 0 Å². The second kappa shape index (κ2) is 5.89. The number of anilines is 1. The largest absolute Gasteiger partial charge is 0.478 e. The Labute approximate surface area is 102 Å². The first-order valence-corrected chi connectivity index (χ1v) is 5.38. The highest BCUT2D eigenvalue weighted by Gasteiger charge is 2.04. The van der Waals surface area contributed by atoms with Crippen LogP contribution < -0.4 is 4.90 Å². The summed E-state index contributed by atoms with van der Waals surface area (Å²) >= 11 is 0. The van der Waals surface area contributed by atoms with E-state index in [4.69, 9.17) is 5.11 Å². The van der Waals surface area contributed by atoms with Crippen LogP contribution in [0, 0.1) is 6.92 Å². The Kier molecular flexibility index (Phi) is 4.52. The molecule has 0 heterocycles. The van der Waals surface area contributed by atoms with E-state index in [0.717, 1.165) is 29.4 Å². The van der Waals surface area contributed by atoms with Crippen LogP contribution in [0.1, 0.15) is 11.1 Å². The lowest BCUT2D eigenvalue weighted by Crippen LogP contribution is -2.17. The number of carboxylic acids is 1. The van der Waals surface area contributed by atoms with Gasteiger partial charge in [0.25, 0.3) is 0 Å². The lowest BCUT2D eigenvalue weighted by atomic mass is 10.1. The first-order chi connectivity index (χ1) is 8.04. The highest BCUT2D eigenvalue weighted by Crippen LogP contribution is 2.22. The Bertz CT molecular complexity index is 450. The fourth-order valence-corrected chi connectivity index (χ4v) is 1.61. The van der Waals surface area contributed by atoms with Crippen molar-refractivity contribution in [3.8, 4) is 0 Å². The number of nitrogens with zero attached hydrogens (tertiary/aromatic N) is 1. The molecule has 0 aliphatic heterocycles. The molecule has 0 radical (unpaired) electrons. The molecule has 0 bridgehead atoms. The maximum absolute atomic E-state index is 10.5. The Hall–Kier alpha value is -2.03. The summed E-state index contributed by atoms with van der Waals surface area (Å²) in [5.74, 6) is -0.941. The molecular weight excluding hydrogens is 214 g/mol. The average Bonchev–Trinajstić information content (AvgIpc) is 2.26. The van der Waals surface area contributed by atoms with Crippen molar-refractivity contribution in [2.24, 2.45) is 0 Å². The van der Waals surface area contributed by atoms with Crippen molar-refractivity contribution in [1.29, 1.82) is 0 Å². The monoisotopic (exact) mass is 231 g/mol. The van der Waals surface area contributed by atoms with Gasteiger partial charge in [0.2, 0.25) is 0 Å². The molecule has 17 heavy (non-hydrogen) atoms. The van der Waals surface area contributed by atoms with Gasteiger partial charge in [-0.1, -0.05) is 17.7 Å². The number of aliphatic carboxylic acids is 1. The van der Waals surface area contributed by atoms with E-state index < -0.39 is 5.97 Å². The summed E-state index contributed by atoms with van der Waals surface area (Å²) in [7, 11) is 1.95. The zero-order valence-electron chi connectivity index (χ0n) is 10.2. The van der Waals surface area contributed by atoms with Gasteiger partial charge in [-0.2, -0.15) is 0 Å². The molecule has 0 aliphatic carbocycles. The maximum atomic E-state index is 10.5. The highest BCUT2D eigenvalue weighted by atomic mass is 16.4. The number of carbonyl (C=O) groups is 1. The third-order valence-corrected chi connectivity index (χ3v) is 2.40. The van der Waals surface area contributed by atoms with Gasteiger partial charge in [0.15, 0.2) is 0 Å². The number of carboxylic acid groups (broad SMARTS) is 1. The van der Waals surface area contributed by atoms with Crippen LogP contribution in [0.15, 0.2) is 36.9 Å². The maximum Gasteiger partial charge on any atom is 0.328 e. The normalized spacial score (nSPS) is 10.5. The van der Waals surface area contributed by atoms with Crippen LogP contribution >= 0.6 is 0 Å². The summed E-state index contributed by atoms with van der Waals surface area (Å²) in [6.45, 7) is 6.39. The Morgan fingerprint density at radius 3 is 2.82 bits per heavy atom. The number of rotatable bonds is 5. The van der Waals surface area contributed by atoms with Crippen LogP contribution in [0.3, 0.4) is 0 Å². The molecule has 3 nitrogen and oxygen atoms in total. The average molecular weight is 231 g/mol. The van der Waals surface area contributed by atoms with Gasteiger partial charge in [-0.25, -0.2) is 4.79 Å². The van der Waals surface area contributed by atoms with Gasteiger partial charge in [0.05, 0.1) is 0 Å². The minimum atomic E-state index is -0.941. The van der Waals surface area contributed by atoms with E-state index >= 15 is 0 Å². The molecule has 0 fully saturated rings. The van der Waals surface area contributed by atoms with Crippen molar-refractivity contribution >= 4 is 17.7 Å². The van der Waals surface area contributed by atoms with Crippen LogP contribution in [0.25, 0.3) is 6.08 Å². The Morgan fingerprint density at radius 2 is 2.24 bits per heavy atom. The summed E-state index contributed by atoms with van der Waals surface area (Å²) in [5, 5.41) is 8.66. The molecule has 3 heteroatoms. The molecule has 1 aromatic rings. The molecule has 0 unspecified atom stereocenters. The van der Waals surface area contributed by atoms with E-state index in [0.29, 0.717) is 0 Å². The fraction of sp³-hybridized carbons (Fsp3) is 0.214. The number of benzene rings is 1. The number of hydrogen-bond acceptors (Lipinski definition) is 2. The molecule has 0 saturated carbocycles. The first kappa shape index (κ1) is 13.0. The van der Waals surface area contributed by atoms with Gasteiger partial charge < -0.3 is 10.0 Å². The highest BCUT2D eigenvalue weighted by molar-refractivity contribution is 5.87. The predicted molar refractivity (Wildman–Crippen MR) is 71.3 cm³/mol. The first-order valence-electron chi connectivity index (χ1n) is 5.38.